The van der Waals surface area contributed by atoms with E-state index in [4.69, 9.17) is 0 Å². The Hall–Kier alpha value is -7.68. The van der Waals surface area contributed by atoms with Gasteiger partial charge >= 0.3 is 0 Å². The second-order valence-electron chi connectivity index (χ2n) is 18.6. The maximum absolute atomic E-state index is 2.55. The SMILES string of the molecule is CC1(C)c2ccccc2-c2ccc(N(c3ccccc3)c3ccc(-c4ccc5c(c4)C(C)(C)c4ccccc4N5c4c(-c5ccc6ccccc6c5)ccc5ccccc45)cc3)cc21. The van der Waals surface area contributed by atoms with E-state index in [0.29, 0.717) is 0 Å². The number of fused-ring (bicyclic) bond motifs is 7. The van der Waals surface area contributed by atoms with Gasteiger partial charge in [-0.25, -0.2) is 0 Å². The standard InChI is InChI=1S/C62H48N2/c1-61(2)54-23-13-12-22-52(54)53-36-34-49(40-56(53)61)63(47-19-6-5-7-20-47)48-32-28-42(29-33-48)45-31-37-59-57(39-45)62(3,4)55-24-14-15-25-58(55)64(59)60-50-21-11-10-17-43(50)30-35-51(60)46-27-26-41-16-8-9-18-44(41)38-46/h5-40H,1-4H3. The van der Waals surface area contributed by atoms with Crippen LogP contribution in [0.1, 0.15) is 49.9 Å². The first-order valence-corrected chi connectivity index (χ1v) is 22.5. The molecule has 10 aromatic rings. The maximum Gasteiger partial charge on any atom is 0.0618 e. The summed E-state index contributed by atoms with van der Waals surface area (Å²) in [5.41, 5.74) is 19.5. The number of anilines is 6. The highest BCUT2D eigenvalue weighted by atomic mass is 15.2. The molecule has 2 nitrogen and oxygen atoms in total. The zero-order chi connectivity index (χ0) is 43.2. The number of hydrogen-bond donors (Lipinski definition) is 0. The summed E-state index contributed by atoms with van der Waals surface area (Å²) in [6.45, 7) is 9.48. The molecule has 64 heavy (non-hydrogen) atoms. The highest BCUT2D eigenvalue weighted by Crippen LogP contribution is 2.56. The van der Waals surface area contributed by atoms with Crippen molar-refractivity contribution in [1.29, 1.82) is 0 Å². The summed E-state index contributed by atoms with van der Waals surface area (Å²) >= 11 is 0. The molecule has 10 aromatic carbocycles. The first kappa shape index (κ1) is 38.0. The van der Waals surface area contributed by atoms with Gasteiger partial charge in [-0.1, -0.05) is 185 Å². The summed E-state index contributed by atoms with van der Waals surface area (Å²) in [7, 11) is 0. The largest absolute Gasteiger partial charge is 0.310 e. The number of benzene rings is 10. The number of rotatable bonds is 6. The Labute approximate surface area is 376 Å². The van der Waals surface area contributed by atoms with Crippen LogP contribution in [0.4, 0.5) is 34.1 Å². The summed E-state index contributed by atoms with van der Waals surface area (Å²) in [6, 6.07) is 80.9. The van der Waals surface area contributed by atoms with Gasteiger partial charge in [0, 0.05) is 38.8 Å². The lowest BCUT2D eigenvalue weighted by atomic mass is 9.72. The van der Waals surface area contributed by atoms with Gasteiger partial charge in [-0.15, -0.1) is 0 Å². The van der Waals surface area contributed by atoms with Gasteiger partial charge in [0.25, 0.3) is 0 Å². The van der Waals surface area contributed by atoms with Crippen LogP contribution < -0.4 is 9.80 Å². The van der Waals surface area contributed by atoms with E-state index >= 15 is 0 Å². The third kappa shape index (κ3) is 5.86. The Morgan fingerprint density at radius 3 is 1.72 bits per heavy atom. The lowest BCUT2D eigenvalue weighted by molar-refractivity contribution is 0.632. The molecule has 0 saturated heterocycles. The Morgan fingerprint density at radius 1 is 0.328 bits per heavy atom. The predicted octanol–water partition coefficient (Wildman–Crippen LogP) is 17.2. The van der Waals surface area contributed by atoms with Crippen LogP contribution in [0.5, 0.6) is 0 Å². The van der Waals surface area contributed by atoms with Crippen molar-refractivity contribution in [1.82, 2.24) is 0 Å². The minimum Gasteiger partial charge on any atom is -0.310 e. The molecule has 0 saturated carbocycles. The fourth-order valence-corrected chi connectivity index (χ4v) is 10.9. The Bertz CT molecular complexity index is 3450. The Morgan fingerprint density at radius 2 is 0.891 bits per heavy atom. The van der Waals surface area contributed by atoms with Gasteiger partial charge in [-0.3, -0.25) is 0 Å². The monoisotopic (exact) mass is 820 g/mol. The molecule has 0 unspecified atom stereocenters. The Kier molecular flexibility index (Phi) is 8.58. The van der Waals surface area contributed by atoms with Gasteiger partial charge in [0.1, 0.15) is 0 Å². The zero-order valence-electron chi connectivity index (χ0n) is 36.7. The van der Waals surface area contributed by atoms with E-state index in [1.165, 1.54) is 94.2 Å². The van der Waals surface area contributed by atoms with E-state index in [0.717, 1.165) is 17.1 Å². The second-order valence-corrected chi connectivity index (χ2v) is 18.6. The average Bonchev–Trinajstić information content (AvgIpc) is 3.57. The fourth-order valence-electron chi connectivity index (χ4n) is 10.9. The second kappa shape index (κ2) is 14.4. The topological polar surface area (TPSA) is 6.48 Å². The lowest BCUT2D eigenvalue weighted by Gasteiger charge is -2.43. The number of para-hydroxylation sites is 2. The van der Waals surface area contributed by atoms with Crippen molar-refractivity contribution in [3.63, 3.8) is 0 Å². The predicted molar refractivity (Wildman–Crippen MR) is 271 cm³/mol. The summed E-state index contributed by atoms with van der Waals surface area (Å²) in [5, 5.41) is 4.94. The van der Waals surface area contributed by atoms with Crippen molar-refractivity contribution in [3.8, 4) is 33.4 Å². The van der Waals surface area contributed by atoms with Gasteiger partial charge < -0.3 is 9.80 Å². The van der Waals surface area contributed by atoms with Crippen LogP contribution in [0, 0.1) is 0 Å². The number of hydrogen-bond acceptors (Lipinski definition) is 2. The molecule has 12 rings (SSSR count). The third-order valence-corrected chi connectivity index (χ3v) is 14.2. The van der Waals surface area contributed by atoms with Crippen LogP contribution >= 0.6 is 0 Å². The molecule has 0 fully saturated rings. The first-order chi connectivity index (χ1) is 31.3. The van der Waals surface area contributed by atoms with Crippen LogP contribution in [0.25, 0.3) is 54.9 Å². The van der Waals surface area contributed by atoms with Crippen molar-refractivity contribution in [3.05, 3.63) is 241 Å². The van der Waals surface area contributed by atoms with Crippen LogP contribution in [0.15, 0.2) is 218 Å². The summed E-state index contributed by atoms with van der Waals surface area (Å²) < 4.78 is 0. The molecule has 0 atom stereocenters. The van der Waals surface area contributed by atoms with Gasteiger partial charge in [0.15, 0.2) is 0 Å². The maximum atomic E-state index is 2.55. The smallest absolute Gasteiger partial charge is 0.0618 e. The quantitative estimate of drug-likeness (QED) is 0.165. The van der Waals surface area contributed by atoms with Crippen LogP contribution in [-0.2, 0) is 10.8 Å². The molecule has 2 aliphatic rings. The summed E-state index contributed by atoms with van der Waals surface area (Å²) in [4.78, 5) is 4.94. The van der Waals surface area contributed by atoms with E-state index in [2.05, 4.69) is 256 Å². The zero-order valence-corrected chi connectivity index (χ0v) is 36.7. The highest BCUT2D eigenvalue weighted by Gasteiger charge is 2.39. The van der Waals surface area contributed by atoms with E-state index in [1.807, 2.05) is 0 Å². The van der Waals surface area contributed by atoms with Gasteiger partial charge in [0.2, 0.25) is 0 Å². The van der Waals surface area contributed by atoms with Crippen LogP contribution in [-0.4, -0.2) is 0 Å². The lowest BCUT2D eigenvalue weighted by Crippen LogP contribution is -2.31. The van der Waals surface area contributed by atoms with Gasteiger partial charge in [0.05, 0.1) is 17.1 Å². The summed E-state index contributed by atoms with van der Waals surface area (Å²) in [5.74, 6) is 0. The van der Waals surface area contributed by atoms with Gasteiger partial charge in [-0.2, -0.15) is 0 Å². The van der Waals surface area contributed by atoms with Crippen molar-refractivity contribution in [2.24, 2.45) is 0 Å². The number of nitrogens with zero attached hydrogens (tertiary/aromatic N) is 2. The van der Waals surface area contributed by atoms with E-state index in [-0.39, 0.29) is 10.8 Å². The molecule has 1 aliphatic carbocycles. The third-order valence-electron chi connectivity index (χ3n) is 14.2. The van der Waals surface area contributed by atoms with Crippen LogP contribution in [0.3, 0.4) is 0 Å². The Balaban J connectivity index is 0.979. The fraction of sp³-hybridized carbons (Fsp3) is 0.0968. The van der Waals surface area contributed by atoms with Crippen LogP contribution in [0.2, 0.25) is 0 Å². The minimum absolute atomic E-state index is 0.0872. The minimum atomic E-state index is -0.253. The molecule has 0 aromatic heterocycles. The molecular formula is C62H48N2. The first-order valence-electron chi connectivity index (χ1n) is 22.5. The molecule has 0 amide bonds. The van der Waals surface area contributed by atoms with Crippen molar-refractivity contribution in [2.45, 2.75) is 38.5 Å². The molecule has 0 spiro atoms. The van der Waals surface area contributed by atoms with E-state index in [9.17, 15) is 0 Å². The summed E-state index contributed by atoms with van der Waals surface area (Å²) in [6.07, 6.45) is 0. The molecule has 0 radical (unpaired) electrons. The van der Waals surface area contributed by atoms with E-state index in [1.54, 1.807) is 0 Å². The van der Waals surface area contributed by atoms with Crippen molar-refractivity contribution >= 4 is 55.7 Å². The normalized spacial score (nSPS) is 14.2. The molecule has 306 valence electrons. The molecule has 1 heterocycles. The molecular weight excluding hydrogens is 773 g/mol. The molecule has 1 aliphatic heterocycles. The molecule has 0 bridgehead atoms. The highest BCUT2D eigenvalue weighted by molar-refractivity contribution is 6.08. The van der Waals surface area contributed by atoms with Crippen molar-refractivity contribution in [2.75, 3.05) is 9.80 Å². The average molecular weight is 821 g/mol. The van der Waals surface area contributed by atoms with Crippen molar-refractivity contribution < 1.29 is 0 Å². The molecule has 2 heteroatoms. The molecule has 0 N–H and O–H groups in total. The van der Waals surface area contributed by atoms with E-state index < -0.39 is 0 Å². The van der Waals surface area contributed by atoms with Gasteiger partial charge in [-0.05, 0) is 127 Å².